The molecule has 1 rings (SSSR count). The Labute approximate surface area is 139 Å². The molecule has 0 saturated carbocycles. The first kappa shape index (κ1) is 19.9. The summed E-state index contributed by atoms with van der Waals surface area (Å²) in [6.07, 6.45) is 8.20. The van der Waals surface area contributed by atoms with Crippen LogP contribution in [0.5, 0.6) is 11.5 Å². The van der Waals surface area contributed by atoms with Crippen LogP contribution in [0.1, 0.15) is 44.9 Å². The van der Waals surface area contributed by atoms with Gasteiger partial charge in [-0.2, -0.15) is 8.78 Å². The topological polar surface area (TPSA) is 29.5 Å². The molecule has 0 aliphatic carbocycles. The molecular weight excluding hydrogens is 314 g/mol. The molecule has 0 radical (unpaired) electrons. The molecule has 0 aromatic heterocycles. The van der Waals surface area contributed by atoms with Gasteiger partial charge in [-0.25, -0.2) is 0 Å². The first-order chi connectivity index (χ1) is 10.8. The Hall–Kier alpha value is -1.10. The molecule has 2 nitrogen and oxygen atoms in total. The monoisotopic (exact) mass is 344 g/mol. The fraction of sp³-hybridized carbons (Fsp3) is 0.667. The molecule has 0 amide bonds. The van der Waals surface area contributed by atoms with E-state index in [4.69, 9.17) is 9.84 Å². The third-order valence-corrected chi connectivity index (χ3v) is 5.71. The highest BCUT2D eigenvalue weighted by molar-refractivity contribution is 6.76. The molecule has 0 fully saturated rings. The van der Waals surface area contributed by atoms with Gasteiger partial charge in [0.05, 0.1) is 6.61 Å². The van der Waals surface area contributed by atoms with Crippen molar-refractivity contribution in [1.29, 1.82) is 0 Å². The summed E-state index contributed by atoms with van der Waals surface area (Å²) in [6.45, 7) is 7.61. The van der Waals surface area contributed by atoms with Crippen molar-refractivity contribution in [1.82, 2.24) is 0 Å². The van der Waals surface area contributed by atoms with E-state index in [1.165, 1.54) is 37.8 Å². The van der Waals surface area contributed by atoms with Crippen LogP contribution in [0.2, 0.25) is 25.7 Å². The molecule has 0 saturated heterocycles. The van der Waals surface area contributed by atoms with Crippen LogP contribution in [0.3, 0.4) is 0 Å². The molecule has 0 aliphatic rings. The fourth-order valence-electron chi connectivity index (χ4n) is 2.46. The van der Waals surface area contributed by atoms with E-state index in [1.54, 1.807) is 0 Å². The quantitative estimate of drug-likeness (QED) is 0.387. The van der Waals surface area contributed by atoms with Crippen LogP contribution < -0.4 is 4.74 Å². The number of phenolic OH excluding ortho intramolecular Hbond substituents is 1. The van der Waals surface area contributed by atoms with Crippen molar-refractivity contribution in [2.24, 2.45) is 0 Å². The fourth-order valence-corrected chi connectivity index (χ4v) is 3.77. The zero-order chi connectivity index (χ0) is 17.3. The third kappa shape index (κ3) is 8.35. The van der Waals surface area contributed by atoms with Gasteiger partial charge in [0, 0.05) is 8.07 Å². The van der Waals surface area contributed by atoms with Crippen molar-refractivity contribution < 1.29 is 18.6 Å². The first-order valence-corrected chi connectivity index (χ1v) is 12.3. The predicted octanol–water partition coefficient (Wildman–Crippen LogP) is 6.12. The maximum atomic E-state index is 13.4. The number of rotatable bonds is 11. The molecule has 0 unspecified atom stereocenters. The van der Waals surface area contributed by atoms with Crippen LogP contribution in [0.4, 0.5) is 8.78 Å². The molecule has 1 N–H and O–H groups in total. The van der Waals surface area contributed by atoms with E-state index < -0.39 is 25.5 Å². The predicted molar refractivity (Wildman–Crippen MR) is 94.0 cm³/mol. The van der Waals surface area contributed by atoms with E-state index in [0.29, 0.717) is 6.61 Å². The summed E-state index contributed by atoms with van der Waals surface area (Å²) in [5.41, 5.74) is 0. The largest absolute Gasteiger partial charge is 0.505 e. The van der Waals surface area contributed by atoms with E-state index in [2.05, 4.69) is 19.6 Å². The average Bonchev–Trinajstić information content (AvgIpc) is 2.47. The molecule has 5 heteroatoms. The minimum Gasteiger partial charge on any atom is -0.505 e. The smallest absolute Gasteiger partial charge is 0.204 e. The Morgan fingerprint density at radius 3 is 2.04 bits per heavy atom. The first-order valence-electron chi connectivity index (χ1n) is 8.61. The van der Waals surface area contributed by atoms with Crippen molar-refractivity contribution in [2.75, 3.05) is 6.61 Å². The van der Waals surface area contributed by atoms with Crippen LogP contribution >= 0.6 is 0 Å². The van der Waals surface area contributed by atoms with E-state index >= 15 is 0 Å². The summed E-state index contributed by atoms with van der Waals surface area (Å²) in [4.78, 5) is 0. The molecule has 23 heavy (non-hydrogen) atoms. The standard InChI is InChI=1S/C18H30F2O2Si/c1-23(2,3)14-10-8-6-4-5-7-9-13-22-16-12-11-15(21)17(19)18(16)20/h11-12,21H,4-10,13-14H2,1-3H3. The second kappa shape index (κ2) is 9.91. The molecule has 0 aliphatic heterocycles. The highest BCUT2D eigenvalue weighted by atomic mass is 28.3. The number of unbranched alkanes of at least 4 members (excludes halogenated alkanes) is 6. The van der Waals surface area contributed by atoms with Gasteiger partial charge in [-0.1, -0.05) is 64.2 Å². The van der Waals surface area contributed by atoms with Gasteiger partial charge in [-0.05, 0) is 18.6 Å². The lowest BCUT2D eigenvalue weighted by Crippen LogP contribution is -2.18. The van der Waals surface area contributed by atoms with Crippen LogP contribution in [0, 0.1) is 11.6 Å². The Morgan fingerprint density at radius 2 is 1.43 bits per heavy atom. The minimum absolute atomic E-state index is 0.133. The lowest BCUT2D eigenvalue weighted by molar-refractivity contribution is 0.281. The van der Waals surface area contributed by atoms with Gasteiger partial charge in [0.1, 0.15) is 0 Å². The highest BCUT2D eigenvalue weighted by Gasteiger charge is 2.13. The molecule has 0 atom stereocenters. The SMILES string of the molecule is C[Si](C)(C)CCCCCCCCCOc1ccc(O)c(F)c1F. The van der Waals surface area contributed by atoms with Crippen molar-refractivity contribution in [2.45, 2.75) is 70.6 Å². The van der Waals surface area contributed by atoms with E-state index in [1.807, 2.05) is 0 Å². The summed E-state index contributed by atoms with van der Waals surface area (Å²) < 4.78 is 31.8. The highest BCUT2D eigenvalue weighted by Crippen LogP contribution is 2.26. The Balaban J connectivity index is 2.03. The maximum Gasteiger partial charge on any atom is 0.204 e. The average molecular weight is 345 g/mol. The Morgan fingerprint density at radius 1 is 0.870 bits per heavy atom. The number of benzene rings is 1. The number of hydrogen-bond donors (Lipinski definition) is 1. The van der Waals surface area contributed by atoms with Gasteiger partial charge < -0.3 is 9.84 Å². The summed E-state index contributed by atoms with van der Waals surface area (Å²) >= 11 is 0. The molecule has 0 spiro atoms. The van der Waals surface area contributed by atoms with E-state index in [-0.39, 0.29) is 5.75 Å². The van der Waals surface area contributed by atoms with E-state index in [9.17, 15) is 8.78 Å². The number of phenols is 1. The lowest BCUT2D eigenvalue weighted by atomic mass is 10.1. The molecule has 0 heterocycles. The molecule has 1 aromatic rings. The molecule has 132 valence electrons. The van der Waals surface area contributed by atoms with Crippen molar-refractivity contribution in [3.05, 3.63) is 23.8 Å². The number of ether oxygens (including phenoxy) is 1. The third-order valence-electron chi connectivity index (χ3n) is 3.86. The van der Waals surface area contributed by atoms with Crippen molar-refractivity contribution in [3.8, 4) is 11.5 Å². The lowest BCUT2D eigenvalue weighted by Gasteiger charge is -2.14. The molecular formula is C18H30F2O2Si. The zero-order valence-corrected chi connectivity index (χ0v) is 15.6. The van der Waals surface area contributed by atoms with Crippen LogP contribution in [-0.2, 0) is 0 Å². The minimum atomic E-state index is -1.25. The van der Waals surface area contributed by atoms with Gasteiger partial charge in [-0.3, -0.25) is 0 Å². The van der Waals surface area contributed by atoms with Gasteiger partial charge in [0.15, 0.2) is 11.5 Å². The van der Waals surface area contributed by atoms with E-state index in [0.717, 1.165) is 25.3 Å². The van der Waals surface area contributed by atoms with Crippen LogP contribution in [0.15, 0.2) is 12.1 Å². The summed E-state index contributed by atoms with van der Waals surface area (Å²) in [7, 11) is -0.877. The number of halogens is 2. The number of aromatic hydroxyl groups is 1. The van der Waals surface area contributed by atoms with Crippen LogP contribution in [-0.4, -0.2) is 19.8 Å². The molecule has 0 bridgehead atoms. The summed E-state index contributed by atoms with van der Waals surface area (Å²) in [5, 5.41) is 9.03. The maximum absolute atomic E-state index is 13.4. The zero-order valence-electron chi connectivity index (χ0n) is 14.6. The summed E-state index contributed by atoms with van der Waals surface area (Å²) in [6, 6.07) is 3.77. The number of hydrogen-bond acceptors (Lipinski definition) is 2. The Kier molecular flexibility index (Phi) is 8.59. The van der Waals surface area contributed by atoms with Gasteiger partial charge >= 0.3 is 0 Å². The molecule has 1 aromatic carbocycles. The normalized spacial score (nSPS) is 11.7. The summed E-state index contributed by atoms with van der Waals surface area (Å²) in [5.74, 6) is -3.19. The second-order valence-corrected chi connectivity index (χ2v) is 13.0. The van der Waals surface area contributed by atoms with Crippen molar-refractivity contribution in [3.63, 3.8) is 0 Å². The van der Waals surface area contributed by atoms with Gasteiger partial charge in [-0.15, -0.1) is 0 Å². The second-order valence-electron chi connectivity index (χ2n) is 7.34. The van der Waals surface area contributed by atoms with Crippen molar-refractivity contribution >= 4 is 8.07 Å². The Bertz CT molecular complexity index is 473. The van der Waals surface area contributed by atoms with Gasteiger partial charge in [0.25, 0.3) is 0 Å². The van der Waals surface area contributed by atoms with Gasteiger partial charge in [0.2, 0.25) is 11.6 Å². The van der Waals surface area contributed by atoms with Crippen LogP contribution in [0.25, 0.3) is 0 Å².